The number of benzene rings is 2. The zero-order chi connectivity index (χ0) is 13.8. The molecule has 0 aliphatic rings. The Morgan fingerprint density at radius 1 is 1.10 bits per heavy atom. The summed E-state index contributed by atoms with van der Waals surface area (Å²) in [6.45, 7) is 3.08. The molecule has 0 radical (unpaired) electrons. The number of hydrogen-bond donors (Lipinski definition) is 1. The Kier molecular flexibility index (Phi) is 3.97. The molecule has 0 saturated heterocycles. The van der Waals surface area contributed by atoms with E-state index in [0.29, 0.717) is 0 Å². The maximum absolute atomic E-state index is 4.61. The molecule has 0 unspecified atom stereocenters. The van der Waals surface area contributed by atoms with Crippen LogP contribution in [0.15, 0.2) is 48.5 Å². The van der Waals surface area contributed by atoms with Gasteiger partial charge in [0.05, 0.1) is 10.2 Å². The first kappa shape index (κ1) is 13.1. The van der Waals surface area contributed by atoms with Crippen molar-refractivity contribution >= 4 is 26.7 Å². The predicted molar refractivity (Wildman–Crippen MR) is 87.6 cm³/mol. The molecule has 0 spiro atoms. The van der Waals surface area contributed by atoms with Gasteiger partial charge in [-0.05, 0) is 43.0 Å². The van der Waals surface area contributed by atoms with Gasteiger partial charge >= 0.3 is 0 Å². The molecule has 20 heavy (non-hydrogen) atoms. The molecule has 3 aromatic rings. The highest BCUT2D eigenvalue weighted by Gasteiger charge is 2.03. The van der Waals surface area contributed by atoms with E-state index in [-0.39, 0.29) is 0 Å². The normalized spacial score (nSPS) is 10.8. The Bertz CT molecular complexity index is 689. The van der Waals surface area contributed by atoms with Crippen LogP contribution in [0.25, 0.3) is 10.2 Å². The maximum atomic E-state index is 4.61. The van der Waals surface area contributed by atoms with Gasteiger partial charge in [-0.3, -0.25) is 0 Å². The molecule has 1 N–H and O–H groups in total. The van der Waals surface area contributed by atoms with Gasteiger partial charge in [0.2, 0.25) is 0 Å². The van der Waals surface area contributed by atoms with Crippen molar-refractivity contribution in [2.45, 2.75) is 19.8 Å². The summed E-state index contributed by atoms with van der Waals surface area (Å²) in [4.78, 5) is 4.61. The lowest BCUT2D eigenvalue weighted by Gasteiger charge is -2.02. The van der Waals surface area contributed by atoms with Crippen molar-refractivity contribution in [3.63, 3.8) is 0 Å². The van der Waals surface area contributed by atoms with Crippen molar-refractivity contribution in [3.05, 3.63) is 59.7 Å². The maximum Gasteiger partial charge on any atom is 0.183 e. The largest absolute Gasteiger partial charge is 0.361 e. The fourth-order valence-corrected chi connectivity index (χ4v) is 3.23. The molecule has 2 nitrogen and oxygen atoms in total. The van der Waals surface area contributed by atoms with Crippen LogP contribution in [0.5, 0.6) is 0 Å². The van der Waals surface area contributed by atoms with Gasteiger partial charge in [-0.15, -0.1) is 0 Å². The SMILES string of the molecule is Cc1ccc2nc(NCCCc3ccccc3)sc2c1. The van der Waals surface area contributed by atoms with Crippen LogP contribution < -0.4 is 5.32 Å². The molecule has 0 amide bonds. The number of rotatable bonds is 5. The van der Waals surface area contributed by atoms with E-state index in [4.69, 9.17) is 0 Å². The smallest absolute Gasteiger partial charge is 0.183 e. The van der Waals surface area contributed by atoms with Gasteiger partial charge in [0, 0.05) is 6.54 Å². The molecule has 0 saturated carbocycles. The molecule has 0 aliphatic heterocycles. The molecule has 0 fully saturated rings. The van der Waals surface area contributed by atoms with Crippen LogP contribution in [-0.2, 0) is 6.42 Å². The molecule has 102 valence electrons. The van der Waals surface area contributed by atoms with Crippen molar-refractivity contribution in [1.29, 1.82) is 0 Å². The molecule has 0 aliphatic carbocycles. The summed E-state index contributed by atoms with van der Waals surface area (Å²) in [6, 6.07) is 17.0. The third-order valence-corrected chi connectivity index (χ3v) is 4.28. The summed E-state index contributed by atoms with van der Waals surface area (Å²) in [5.74, 6) is 0. The lowest BCUT2D eigenvalue weighted by atomic mass is 10.1. The first-order valence-electron chi connectivity index (χ1n) is 6.96. The summed E-state index contributed by atoms with van der Waals surface area (Å²) in [5, 5.41) is 4.46. The van der Waals surface area contributed by atoms with E-state index in [1.807, 2.05) is 0 Å². The molecular weight excluding hydrogens is 264 g/mol. The van der Waals surface area contributed by atoms with Crippen molar-refractivity contribution in [2.75, 3.05) is 11.9 Å². The number of aryl methyl sites for hydroxylation is 2. The van der Waals surface area contributed by atoms with Crippen molar-refractivity contribution in [3.8, 4) is 0 Å². The summed E-state index contributed by atoms with van der Waals surface area (Å²) >= 11 is 1.74. The van der Waals surface area contributed by atoms with Crippen LogP contribution >= 0.6 is 11.3 Å². The van der Waals surface area contributed by atoms with Crippen LogP contribution in [0, 0.1) is 6.92 Å². The number of hydrogen-bond acceptors (Lipinski definition) is 3. The third kappa shape index (κ3) is 3.17. The van der Waals surface area contributed by atoms with Gasteiger partial charge in [0.1, 0.15) is 0 Å². The Hall–Kier alpha value is -1.87. The Morgan fingerprint density at radius 3 is 2.80 bits per heavy atom. The number of thiazole rings is 1. The Balaban J connectivity index is 1.55. The minimum Gasteiger partial charge on any atom is -0.361 e. The van der Waals surface area contributed by atoms with E-state index in [1.54, 1.807) is 11.3 Å². The van der Waals surface area contributed by atoms with Crippen LogP contribution in [0.2, 0.25) is 0 Å². The second-order valence-corrected chi connectivity index (χ2v) is 6.04. The number of nitrogens with zero attached hydrogens (tertiary/aromatic N) is 1. The van der Waals surface area contributed by atoms with Crippen LogP contribution in [-0.4, -0.2) is 11.5 Å². The number of anilines is 1. The van der Waals surface area contributed by atoms with E-state index >= 15 is 0 Å². The molecule has 1 aromatic heterocycles. The quantitative estimate of drug-likeness (QED) is 0.689. The average molecular weight is 282 g/mol. The zero-order valence-corrected chi connectivity index (χ0v) is 12.4. The highest BCUT2D eigenvalue weighted by molar-refractivity contribution is 7.22. The first-order chi connectivity index (χ1) is 9.81. The van der Waals surface area contributed by atoms with Gasteiger partial charge in [-0.1, -0.05) is 47.7 Å². The average Bonchev–Trinajstić information content (AvgIpc) is 2.86. The fraction of sp³-hybridized carbons (Fsp3) is 0.235. The first-order valence-corrected chi connectivity index (χ1v) is 7.78. The van der Waals surface area contributed by atoms with Crippen molar-refractivity contribution < 1.29 is 0 Å². The minimum atomic E-state index is 0.966. The highest BCUT2D eigenvalue weighted by Crippen LogP contribution is 2.26. The lowest BCUT2D eigenvalue weighted by molar-refractivity contribution is 0.862. The molecular formula is C17H18N2S. The second kappa shape index (κ2) is 6.06. The molecule has 3 rings (SSSR count). The summed E-state index contributed by atoms with van der Waals surface area (Å²) < 4.78 is 1.26. The van der Waals surface area contributed by atoms with E-state index in [9.17, 15) is 0 Å². The number of aromatic nitrogens is 1. The number of nitrogens with one attached hydrogen (secondary N) is 1. The summed E-state index contributed by atoms with van der Waals surface area (Å²) in [5.41, 5.74) is 3.78. The van der Waals surface area contributed by atoms with Crippen LogP contribution in [0.1, 0.15) is 17.5 Å². The predicted octanol–water partition coefficient (Wildman–Crippen LogP) is 4.65. The Labute approximate surface area is 123 Å². The third-order valence-electron chi connectivity index (χ3n) is 3.31. The highest BCUT2D eigenvalue weighted by atomic mass is 32.1. The summed E-state index contributed by atoms with van der Waals surface area (Å²) in [7, 11) is 0. The fourth-order valence-electron chi connectivity index (χ4n) is 2.24. The second-order valence-electron chi connectivity index (χ2n) is 5.01. The van der Waals surface area contributed by atoms with E-state index < -0.39 is 0 Å². The summed E-state index contributed by atoms with van der Waals surface area (Å²) in [6.07, 6.45) is 2.23. The topological polar surface area (TPSA) is 24.9 Å². The van der Waals surface area contributed by atoms with E-state index in [0.717, 1.165) is 30.0 Å². The zero-order valence-electron chi connectivity index (χ0n) is 11.6. The van der Waals surface area contributed by atoms with Crippen molar-refractivity contribution in [1.82, 2.24) is 4.98 Å². The molecule has 0 bridgehead atoms. The van der Waals surface area contributed by atoms with Gasteiger partial charge < -0.3 is 5.32 Å². The molecule has 1 heterocycles. The van der Waals surface area contributed by atoms with Gasteiger partial charge in [0.25, 0.3) is 0 Å². The van der Waals surface area contributed by atoms with Gasteiger partial charge in [0.15, 0.2) is 5.13 Å². The monoisotopic (exact) mass is 282 g/mol. The molecule has 0 atom stereocenters. The van der Waals surface area contributed by atoms with E-state index in [2.05, 4.69) is 65.8 Å². The van der Waals surface area contributed by atoms with Crippen LogP contribution in [0.3, 0.4) is 0 Å². The lowest BCUT2D eigenvalue weighted by Crippen LogP contribution is -2.02. The Morgan fingerprint density at radius 2 is 1.95 bits per heavy atom. The van der Waals surface area contributed by atoms with E-state index in [1.165, 1.54) is 15.8 Å². The van der Waals surface area contributed by atoms with Crippen LogP contribution in [0.4, 0.5) is 5.13 Å². The standard InChI is InChI=1S/C17H18N2S/c1-13-9-10-15-16(12-13)20-17(19-15)18-11-5-8-14-6-3-2-4-7-14/h2-4,6-7,9-10,12H,5,8,11H2,1H3,(H,18,19). The van der Waals surface area contributed by atoms with Gasteiger partial charge in [-0.25, -0.2) is 4.98 Å². The number of fused-ring (bicyclic) bond motifs is 1. The van der Waals surface area contributed by atoms with Crippen molar-refractivity contribution in [2.24, 2.45) is 0 Å². The molecule has 2 aromatic carbocycles. The molecule has 3 heteroatoms. The van der Waals surface area contributed by atoms with Gasteiger partial charge in [-0.2, -0.15) is 0 Å². The minimum absolute atomic E-state index is 0.966.